The molecule has 1 aromatic heterocycles. The number of anilines is 1. The van der Waals surface area contributed by atoms with E-state index in [0.717, 1.165) is 4.90 Å². The van der Waals surface area contributed by atoms with Crippen LogP contribution in [0.3, 0.4) is 0 Å². The monoisotopic (exact) mass is 318 g/mol. The zero-order valence-corrected chi connectivity index (χ0v) is 13.1. The second-order valence-electron chi connectivity index (χ2n) is 4.83. The number of hydrogen-bond acceptors (Lipinski definition) is 4. The van der Waals surface area contributed by atoms with Gasteiger partial charge in [-0.2, -0.15) is 5.10 Å². The maximum absolute atomic E-state index is 11.9. The molecule has 6 nitrogen and oxygen atoms in total. The van der Waals surface area contributed by atoms with Crippen LogP contribution in [0.1, 0.15) is 12.0 Å². The standard InChI is InChI=1S/C15H18N4O2S/c1-11-2-4-12(5-3-11)22-10-15(21)17-14-7-9-19(18-14)8-6-13(16)20/h2-5,7,9H,6,8,10H2,1H3,(H2,16,20)(H,17,18,21). The molecule has 0 saturated carbocycles. The van der Waals surface area contributed by atoms with Gasteiger partial charge in [0.1, 0.15) is 0 Å². The zero-order valence-electron chi connectivity index (χ0n) is 12.3. The number of rotatable bonds is 7. The van der Waals surface area contributed by atoms with Crippen molar-refractivity contribution < 1.29 is 9.59 Å². The SMILES string of the molecule is Cc1ccc(SCC(=O)Nc2ccn(CCC(N)=O)n2)cc1. The Morgan fingerprint density at radius 3 is 2.68 bits per heavy atom. The van der Waals surface area contributed by atoms with Crippen molar-refractivity contribution >= 4 is 29.4 Å². The summed E-state index contributed by atoms with van der Waals surface area (Å²) < 4.78 is 1.58. The van der Waals surface area contributed by atoms with Crippen LogP contribution < -0.4 is 11.1 Å². The first-order valence-corrected chi connectivity index (χ1v) is 7.82. The third-order valence-electron chi connectivity index (χ3n) is 2.89. The molecule has 0 unspecified atom stereocenters. The molecule has 2 amide bonds. The summed E-state index contributed by atoms with van der Waals surface area (Å²) in [6, 6.07) is 9.70. The van der Waals surface area contributed by atoms with Gasteiger partial charge >= 0.3 is 0 Å². The molecule has 0 atom stereocenters. The Hall–Kier alpha value is -2.28. The number of nitrogens with two attached hydrogens (primary N) is 1. The number of carbonyl (C=O) groups is 2. The van der Waals surface area contributed by atoms with Gasteiger partial charge in [0.2, 0.25) is 11.8 Å². The molecule has 116 valence electrons. The van der Waals surface area contributed by atoms with Crippen LogP contribution in [0, 0.1) is 6.92 Å². The lowest BCUT2D eigenvalue weighted by atomic mass is 10.2. The van der Waals surface area contributed by atoms with Crippen molar-refractivity contribution in [1.82, 2.24) is 9.78 Å². The Labute approximate surface area is 133 Å². The summed E-state index contributed by atoms with van der Waals surface area (Å²) in [6.45, 7) is 2.43. The summed E-state index contributed by atoms with van der Waals surface area (Å²) in [6.07, 6.45) is 1.92. The Bertz CT molecular complexity index is 652. The number of hydrogen-bond donors (Lipinski definition) is 2. The molecular formula is C15H18N4O2S. The fourth-order valence-electron chi connectivity index (χ4n) is 1.74. The van der Waals surface area contributed by atoms with Gasteiger partial charge in [0.25, 0.3) is 0 Å². The summed E-state index contributed by atoms with van der Waals surface area (Å²) in [5.41, 5.74) is 6.27. The molecule has 0 aliphatic heterocycles. The van der Waals surface area contributed by atoms with E-state index in [1.165, 1.54) is 17.3 Å². The molecule has 0 radical (unpaired) electrons. The van der Waals surface area contributed by atoms with Crippen molar-refractivity contribution in [3.8, 4) is 0 Å². The number of benzene rings is 1. The van der Waals surface area contributed by atoms with Crippen LogP contribution >= 0.6 is 11.8 Å². The smallest absolute Gasteiger partial charge is 0.235 e. The van der Waals surface area contributed by atoms with Gasteiger partial charge in [-0.25, -0.2) is 0 Å². The van der Waals surface area contributed by atoms with E-state index in [1.807, 2.05) is 31.2 Å². The van der Waals surface area contributed by atoms with E-state index < -0.39 is 0 Å². The Balaban J connectivity index is 1.79. The van der Waals surface area contributed by atoms with Gasteiger partial charge in [-0.1, -0.05) is 17.7 Å². The normalized spacial score (nSPS) is 10.4. The van der Waals surface area contributed by atoms with Crippen LogP contribution in [-0.4, -0.2) is 27.3 Å². The Morgan fingerprint density at radius 2 is 2.00 bits per heavy atom. The number of nitrogens with zero attached hydrogens (tertiary/aromatic N) is 2. The fraction of sp³-hybridized carbons (Fsp3) is 0.267. The highest BCUT2D eigenvalue weighted by atomic mass is 32.2. The molecule has 1 aromatic carbocycles. The molecule has 0 spiro atoms. The first-order valence-electron chi connectivity index (χ1n) is 6.84. The average Bonchev–Trinajstić information content (AvgIpc) is 2.92. The third kappa shape index (κ3) is 5.25. The van der Waals surface area contributed by atoms with Crippen LogP contribution in [-0.2, 0) is 16.1 Å². The molecule has 2 rings (SSSR count). The van der Waals surface area contributed by atoms with Gasteiger partial charge in [-0.05, 0) is 19.1 Å². The van der Waals surface area contributed by atoms with Crippen LogP contribution in [0.5, 0.6) is 0 Å². The summed E-state index contributed by atoms with van der Waals surface area (Å²) >= 11 is 1.47. The number of carbonyl (C=O) groups excluding carboxylic acids is 2. The summed E-state index contributed by atoms with van der Waals surface area (Å²) in [4.78, 5) is 23.6. The van der Waals surface area contributed by atoms with Gasteiger partial charge < -0.3 is 11.1 Å². The number of thioether (sulfide) groups is 1. The topological polar surface area (TPSA) is 90.0 Å². The molecule has 0 saturated heterocycles. The van der Waals surface area contributed by atoms with Gasteiger partial charge in [-0.15, -0.1) is 11.8 Å². The summed E-state index contributed by atoms with van der Waals surface area (Å²) in [5, 5.41) is 6.88. The third-order valence-corrected chi connectivity index (χ3v) is 3.90. The summed E-state index contributed by atoms with van der Waals surface area (Å²) in [5.74, 6) is 0.289. The van der Waals surface area contributed by atoms with Gasteiger partial charge in [0.05, 0.1) is 5.75 Å². The number of primary amides is 1. The van der Waals surface area contributed by atoms with E-state index >= 15 is 0 Å². The number of aromatic nitrogens is 2. The van der Waals surface area contributed by atoms with Crippen molar-refractivity contribution in [2.24, 2.45) is 5.73 Å². The van der Waals surface area contributed by atoms with Gasteiger partial charge in [0.15, 0.2) is 5.82 Å². The first-order chi connectivity index (χ1) is 10.5. The number of amides is 2. The van der Waals surface area contributed by atoms with Crippen LogP contribution in [0.15, 0.2) is 41.4 Å². The lowest BCUT2D eigenvalue weighted by molar-refractivity contribution is -0.118. The zero-order chi connectivity index (χ0) is 15.9. The van der Waals surface area contributed by atoms with Crippen LogP contribution in [0.25, 0.3) is 0 Å². The molecule has 0 fully saturated rings. The van der Waals surface area contributed by atoms with Gasteiger partial charge in [0, 0.05) is 30.1 Å². The molecule has 0 bridgehead atoms. The number of aryl methyl sites for hydroxylation is 2. The van der Waals surface area contributed by atoms with E-state index in [-0.39, 0.29) is 18.2 Å². The highest BCUT2D eigenvalue weighted by molar-refractivity contribution is 8.00. The minimum atomic E-state index is -0.379. The van der Waals surface area contributed by atoms with Crippen molar-refractivity contribution in [1.29, 1.82) is 0 Å². The van der Waals surface area contributed by atoms with Crippen molar-refractivity contribution in [3.63, 3.8) is 0 Å². The lowest BCUT2D eigenvalue weighted by Crippen LogP contribution is -2.16. The Morgan fingerprint density at radius 1 is 1.27 bits per heavy atom. The van der Waals surface area contributed by atoms with Crippen LogP contribution in [0.4, 0.5) is 5.82 Å². The van der Waals surface area contributed by atoms with Gasteiger partial charge in [-0.3, -0.25) is 14.3 Å². The largest absolute Gasteiger partial charge is 0.370 e. The minimum Gasteiger partial charge on any atom is -0.370 e. The quantitative estimate of drug-likeness (QED) is 0.762. The van der Waals surface area contributed by atoms with E-state index in [4.69, 9.17) is 5.73 Å². The Kier molecular flexibility index (Phi) is 5.60. The van der Waals surface area contributed by atoms with Crippen molar-refractivity contribution in [2.75, 3.05) is 11.1 Å². The molecule has 0 aliphatic rings. The average molecular weight is 318 g/mol. The van der Waals surface area contributed by atoms with E-state index in [2.05, 4.69) is 10.4 Å². The maximum atomic E-state index is 11.9. The van der Waals surface area contributed by atoms with E-state index in [1.54, 1.807) is 16.9 Å². The molecule has 22 heavy (non-hydrogen) atoms. The molecule has 1 heterocycles. The van der Waals surface area contributed by atoms with Crippen LogP contribution in [0.2, 0.25) is 0 Å². The van der Waals surface area contributed by atoms with E-state index in [9.17, 15) is 9.59 Å². The summed E-state index contributed by atoms with van der Waals surface area (Å²) in [7, 11) is 0. The molecule has 3 N–H and O–H groups in total. The van der Waals surface area contributed by atoms with Crippen molar-refractivity contribution in [3.05, 3.63) is 42.1 Å². The minimum absolute atomic E-state index is 0.120. The second kappa shape index (κ2) is 7.65. The number of nitrogens with one attached hydrogen (secondary N) is 1. The molecule has 2 aromatic rings. The highest BCUT2D eigenvalue weighted by Gasteiger charge is 2.06. The molecule has 7 heteroatoms. The maximum Gasteiger partial charge on any atom is 0.235 e. The second-order valence-corrected chi connectivity index (χ2v) is 5.88. The lowest BCUT2D eigenvalue weighted by Gasteiger charge is -2.03. The molecular weight excluding hydrogens is 300 g/mol. The predicted octanol–water partition coefficient (Wildman–Crippen LogP) is 1.80. The molecule has 0 aliphatic carbocycles. The van der Waals surface area contributed by atoms with Crippen molar-refractivity contribution in [2.45, 2.75) is 24.8 Å². The van der Waals surface area contributed by atoms with E-state index in [0.29, 0.717) is 18.1 Å². The highest BCUT2D eigenvalue weighted by Crippen LogP contribution is 2.18. The fourth-order valence-corrected chi connectivity index (χ4v) is 2.44. The first kappa shape index (κ1) is 16.1. The predicted molar refractivity (Wildman–Crippen MR) is 86.6 cm³/mol.